The van der Waals surface area contributed by atoms with Gasteiger partial charge in [0.1, 0.15) is 5.82 Å². The molecule has 1 aromatic carbocycles. The molecule has 3 fully saturated rings. The highest BCUT2D eigenvalue weighted by atomic mass is 32.2. The first-order valence-corrected chi connectivity index (χ1v) is 17.6. The second-order valence-corrected chi connectivity index (χ2v) is 15.5. The van der Waals surface area contributed by atoms with Crippen LogP contribution in [0.5, 0.6) is 0 Å². The van der Waals surface area contributed by atoms with Crippen molar-refractivity contribution in [1.82, 2.24) is 28.9 Å². The number of sulfonamides is 1. The van der Waals surface area contributed by atoms with E-state index < -0.39 is 15.4 Å². The highest BCUT2D eigenvalue weighted by Crippen LogP contribution is 2.52. The fourth-order valence-electron chi connectivity index (χ4n) is 6.93. The van der Waals surface area contributed by atoms with Crippen LogP contribution in [0.25, 0.3) is 11.8 Å². The zero-order chi connectivity index (χ0) is 30.2. The minimum Gasteiger partial charge on any atom is -0.290 e. The van der Waals surface area contributed by atoms with Crippen molar-refractivity contribution in [3.05, 3.63) is 81.5 Å². The van der Waals surface area contributed by atoms with Gasteiger partial charge in [-0.1, -0.05) is 5.57 Å². The van der Waals surface area contributed by atoms with Crippen molar-refractivity contribution in [2.75, 3.05) is 6.54 Å². The second-order valence-electron chi connectivity index (χ2n) is 12.8. The van der Waals surface area contributed by atoms with E-state index in [-0.39, 0.29) is 22.7 Å². The van der Waals surface area contributed by atoms with E-state index in [0.29, 0.717) is 49.1 Å². The van der Waals surface area contributed by atoms with Crippen molar-refractivity contribution in [2.45, 2.75) is 68.4 Å². The molecule has 0 saturated heterocycles. The summed E-state index contributed by atoms with van der Waals surface area (Å²) in [5, 5.41) is 11.5. The lowest BCUT2D eigenvalue weighted by molar-refractivity contribution is 0.0740. The van der Waals surface area contributed by atoms with Crippen molar-refractivity contribution in [2.24, 2.45) is 18.4 Å². The molecular weight excluding hydrogens is 600 g/mol. The zero-order valence-corrected chi connectivity index (χ0v) is 26.0. The number of hydrogen-bond donors (Lipinski definition) is 0. The molecule has 0 amide bonds. The number of aromatic nitrogens is 5. The Hall–Kier alpha value is -3.48. The van der Waals surface area contributed by atoms with Gasteiger partial charge in [0.15, 0.2) is 10.0 Å². The summed E-state index contributed by atoms with van der Waals surface area (Å²) in [5.41, 5.74) is 3.56. The Morgan fingerprint density at radius 3 is 2.64 bits per heavy atom. The molecule has 0 unspecified atom stereocenters. The third-order valence-electron chi connectivity index (χ3n) is 9.66. The normalized spacial score (nSPS) is 23.3. The van der Waals surface area contributed by atoms with Gasteiger partial charge in [-0.05, 0) is 99.3 Å². The van der Waals surface area contributed by atoms with E-state index in [9.17, 15) is 17.6 Å². The van der Waals surface area contributed by atoms with E-state index >= 15 is 0 Å². The van der Waals surface area contributed by atoms with Crippen molar-refractivity contribution in [1.29, 1.82) is 0 Å². The number of hydrogen-bond acceptors (Lipinski definition) is 7. The van der Waals surface area contributed by atoms with Crippen LogP contribution in [0.2, 0.25) is 0 Å². The number of carbonyl (C=O) groups excluding carboxylic acids is 1. The minimum atomic E-state index is -3.87. The number of thiazole rings is 1. The molecule has 0 spiro atoms. The Morgan fingerprint density at radius 1 is 1.14 bits per heavy atom. The van der Waals surface area contributed by atoms with Gasteiger partial charge in [0, 0.05) is 37.1 Å². The number of nitrogens with zero attached hydrogens (tertiary/aromatic N) is 6. The standard InChI is InChI=1S/C32H33FN6O3S2/c1-37-13-12-29(36-37)44(41,42)38(18-20-2-3-20)26-9-6-23-14-28-22(17-34-39(28)25-10-7-24(33)8-11-25)15-32(23,16-26)30(40)31-35-27(19-43-31)21-4-5-21/h7-8,10-14,17,19-21,26H,2-6,9,15-16,18H2,1H3/t26-,32-/m0/s1. The lowest BCUT2D eigenvalue weighted by Crippen LogP contribution is -2.51. The maximum atomic E-state index is 14.7. The average molecular weight is 633 g/mol. The van der Waals surface area contributed by atoms with E-state index in [1.54, 1.807) is 46.6 Å². The first-order valence-electron chi connectivity index (χ1n) is 15.3. The summed E-state index contributed by atoms with van der Waals surface area (Å²) >= 11 is 1.40. The van der Waals surface area contributed by atoms with Gasteiger partial charge in [0.05, 0.1) is 28.7 Å². The number of allylic oxidation sites excluding steroid dienone is 1. The third kappa shape index (κ3) is 4.78. The summed E-state index contributed by atoms with van der Waals surface area (Å²) in [6.07, 6.45) is 11.7. The molecule has 8 rings (SSSR count). The second kappa shape index (κ2) is 10.3. The fourth-order valence-corrected chi connectivity index (χ4v) is 9.55. The predicted molar refractivity (Wildman–Crippen MR) is 164 cm³/mol. The molecule has 2 atom stereocenters. The van der Waals surface area contributed by atoms with Crippen LogP contribution in [0.15, 0.2) is 58.7 Å². The van der Waals surface area contributed by atoms with E-state index in [2.05, 4.69) is 16.3 Å². The van der Waals surface area contributed by atoms with Gasteiger partial charge in [-0.2, -0.15) is 14.5 Å². The molecule has 0 N–H and O–H groups in total. The summed E-state index contributed by atoms with van der Waals surface area (Å²) < 4.78 is 46.8. The number of benzene rings is 1. The van der Waals surface area contributed by atoms with E-state index in [4.69, 9.17) is 4.98 Å². The number of carbonyl (C=O) groups is 1. The predicted octanol–water partition coefficient (Wildman–Crippen LogP) is 5.54. The number of aryl methyl sites for hydroxylation is 1. The topological polar surface area (TPSA) is 103 Å². The van der Waals surface area contributed by atoms with Gasteiger partial charge in [0.2, 0.25) is 5.78 Å². The van der Waals surface area contributed by atoms with Gasteiger partial charge < -0.3 is 0 Å². The fraction of sp³-hybridized carbons (Fsp3) is 0.438. The van der Waals surface area contributed by atoms with E-state index in [1.807, 2.05) is 5.38 Å². The lowest BCUT2D eigenvalue weighted by Gasteiger charge is -2.46. The van der Waals surface area contributed by atoms with Crippen LogP contribution in [-0.2, 0) is 23.5 Å². The molecule has 0 aliphatic heterocycles. The third-order valence-corrected chi connectivity index (χ3v) is 12.3. The monoisotopic (exact) mass is 632 g/mol. The maximum Gasteiger partial charge on any atom is 0.262 e. The molecule has 44 heavy (non-hydrogen) atoms. The summed E-state index contributed by atoms with van der Waals surface area (Å²) in [7, 11) is -2.16. The largest absolute Gasteiger partial charge is 0.290 e. The van der Waals surface area contributed by atoms with Crippen molar-refractivity contribution in [3.63, 3.8) is 0 Å². The summed E-state index contributed by atoms with van der Waals surface area (Å²) in [5.74, 6) is 0.404. The molecule has 3 aromatic heterocycles. The lowest BCUT2D eigenvalue weighted by atomic mass is 9.61. The van der Waals surface area contributed by atoms with Gasteiger partial charge in [-0.25, -0.2) is 22.5 Å². The van der Waals surface area contributed by atoms with Crippen molar-refractivity contribution in [3.8, 4) is 5.69 Å². The molecular formula is C32H33FN6O3S2. The average Bonchev–Trinajstić information content (AvgIpc) is 3.90. The van der Waals surface area contributed by atoms with Crippen LogP contribution in [0.4, 0.5) is 4.39 Å². The number of ketones is 1. The zero-order valence-electron chi connectivity index (χ0n) is 24.4. The van der Waals surface area contributed by atoms with Crippen LogP contribution >= 0.6 is 11.3 Å². The Balaban J connectivity index is 1.21. The molecule has 0 radical (unpaired) electrons. The van der Waals surface area contributed by atoms with Crippen LogP contribution < -0.4 is 0 Å². The van der Waals surface area contributed by atoms with Crippen LogP contribution in [0, 0.1) is 17.2 Å². The Morgan fingerprint density at radius 2 is 1.93 bits per heavy atom. The smallest absolute Gasteiger partial charge is 0.262 e. The van der Waals surface area contributed by atoms with Crippen molar-refractivity contribution < 1.29 is 17.6 Å². The molecule has 9 nitrogen and oxygen atoms in total. The molecule has 4 aliphatic rings. The molecule has 4 aromatic rings. The van der Waals surface area contributed by atoms with Crippen LogP contribution in [0.3, 0.4) is 0 Å². The molecule has 228 valence electrons. The quantitative estimate of drug-likeness (QED) is 0.225. The Labute approximate surface area is 259 Å². The summed E-state index contributed by atoms with van der Waals surface area (Å²) in [6.45, 7) is 0.434. The number of rotatable bonds is 9. The van der Waals surface area contributed by atoms with Gasteiger partial charge in [-0.3, -0.25) is 9.48 Å². The Kier molecular flexibility index (Phi) is 6.55. The van der Waals surface area contributed by atoms with Gasteiger partial charge in [-0.15, -0.1) is 11.3 Å². The first-order chi connectivity index (χ1) is 21.2. The van der Waals surface area contributed by atoms with E-state index in [1.165, 1.54) is 28.2 Å². The number of Topliss-reactive ketones (excluding diaryl/α,β-unsaturated/α-hetero) is 1. The molecule has 12 heteroatoms. The van der Waals surface area contributed by atoms with Crippen molar-refractivity contribution >= 4 is 33.2 Å². The minimum absolute atomic E-state index is 0.0351. The molecule has 4 aliphatic carbocycles. The SMILES string of the molecule is Cn1ccc(S(=O)(=O)N(CC2CC2)[C@H]2CCC3=Cc4c(cnn4-c4ccc(F)cc4)C[C@]3(C(=O)c3nc(C4CC4)cs3)C2)n1. The molecule has 0 bridgehead atoms. The summed E-state index contributed by atoms with van der Waals surface area (Å²) in [6, 6.07) is 7.40. The first kappa shape index (κ1) is 28.0. The summed E-state index contributed by atoms with van der Waals surface area (Å²) in [4.78, 5) is 19.5. The van der Waals surface area contributed by atoms with Crippen LogP contribution in [-0.4, -0.2) is 55.6 Å². The number of halogens is 1. The highest BCUT2D eigenvalue weighted by Gasteiger charge is 2.53. The maximum absolute atomic E-state index is 14.7. The van der Waals surface area contributed by atoms with Gasteiger partial charge in [0.25, 0.3) is 10.0 Å². The van der Waals surface area contributed by atoms with Gasteiger partial charge >= 0.3 is 0 Å². The number of fused-ring (bicyclic) bond motifs is 2. The molecule has 3 saturated carbocycles. The molecule has 3 heterocycles. The highest BCUT2D eigenvalue weighted by molar-refractivity contribution is 7.89. The van der Waals surface area contributed by atoms with E-state index in [0.717, 1.165) is 53.9 Å². The Bertz CT molecular complexity index is 1900. The van der Waals surface area contributed by atoms with Crippen LogP contribution in [0.1, 0.15) is 77.6 Å².